The zero-order valence-corrected chi connectivity index (χ0v) is 22.8. The lowest BCUT2D eigenvalue weighted by Crippen LogP contribution is -2.45. The molecular formula is C29H38N2O8. The second kappa shape index (κ2) is 13.5. The number of carbonyl (C=O) groups is 2. The number of nitrogens with zero attached hydrogens (tertiary/aromatic N) is 2. The van der Waals surface area contributed by atoms with Gasteiger partial charge in [-0.1, -0.05) is 32.0 Å². The first-order chi connectivity index (χ1) is 19.0. The van der Waals surface area contributed by atoms with Crippen molar-refractivity contribution in [2.45, 2.75) is 45.1 Å². The van der Waals surface area contributed by atoms with Gasteiger partial charge >= 0.3 is 5.97 Å². The fraction of sp³-hybridized carbons (Fsp3) is 0.517. The number of fused-ring (bicyclic) bond motifs is 1. The summed E-state index contributed by atoms with van der Waals surface area (Å²) < 4.78 is 22.4. The fourth-order valence-corrected chi connectivity index (χ4v) is 5.28. The van der Waals surface area contributed by atoms with E-state index in [2.05, 4.69) is 0 Å². The molecule has 2 aromatic carbocycles. The van der Waals surface area contributed by atoms with Gasteiger partial charge in [0.2, 0.25) is 6.79 Å². The van der Waals surface area contributed by atoms with Gasteiger partial charge in [-0.15, -0.1) is 0 Å². The zero-order valence-electron chi connectivity index (χ0n) is 22.8. The number of carbonyl (C=O) groups excluding carboxylic acids is 1. The van der Waals surface area contributed by atoms with Crippen LogP contribution in [0.5, 0.6) is 23.0 Å². The van der Waals surface area contributed by atoms with E-state index in [-0.39, 0.29) is 31.8 Å². The fourth-order valence-electron chi connectivity index (χ4n) is 5.28. The molecule has 0 bridgehead atoms. The lowest BCUT2D eigenvalue weighted by Gasteiger charge is -2.29. The van der Waals surface area contributed by atoms with E-state index in [9.17, 15) is 14.7 Å². The second-order valence-corrected chi connectivity index (χ2v) is 9.70. The van der Waals surface area contributed by atoms with E-state index < -0.39 is 17.9 Å². The summed E-state index contributed by atoms with van der Waals surface area (Å²) in [5.74, 6) is 0.228. The molecule has 3 atom stereocenters. The Balaban J connectivity index is 1.57. The molecule has 2 aliphatic rings. The van der Waals surface area contributed by atoms with Gasteiger partial charge in [-0.3, -0.25) is 19.3 Å². The molecule has 1 N–H and O–H groups in total. The van der Waals surface area contributed by atoms with Crippen molar-refractivity contribution in [3.8, 4) is 23.0 Å². The molecule has 2 aromatic rings. The van der Waals surface area contributed by atoms with Crippen LogP contribution in [0.3, 0.4) is 0 Å². The van der Waals surface area contributed by atoms with Gasteiger partial charge in [0.25, 0.3) is 5.91 Å². The van der Waals surface area contributed by atoms with Crippen molar-refractivity contribution in [3.05, 3.63) is 48.0 Å². The van der Waals surface area contributed by atoms with Gasteiger partial charge in [0, 0.05) is 25.0 Å². The average Bonchev–Trinajstić information content (AvgIpc) is 3.55. The molecule has 39 heavy (non-hydrogen) atoms. The highest BCUT2D eigenvalue weighted by molar-refractivity contribution is 5.78. The maximum absolute atomic E-state index is 13.3. The van der Waals surface area contributed by atoms with Crippen LogP contribution in [0, 0.1) is 5.92 Å². The number of hydrogen-bond acceptors (Lipinski definition) is 8. The minimum Gasteiger partial charge on any atom is -0.493 e. The highest BCUT2D eigenvalue weighted by atomic mass is 16.7. The number of hydrogen-bond donors (Lipinski definition) is 1. The van der Waals surface area contributed by atoms with Gasteiger partial charge in [-0.2, -0.15) is 0 Å². The van der Waals surface area contributed by atoms with Gasteiger partial charge < -0.3 is 24.1 Å². The summed E-state index contributed by atoms with van der Waals surface area (Å²) in [6, 6.07) is 12.4. The van der Waals surface area contributed by atoms with Gasteiger partial charge in [-0.25, -0.2) is 5.06 Å². The summed E-state index contributed by atoms with van der Waals surface area (Å²) in [6.45, 7) is 5.74. The molecule has 2 heterocycles. The number of hydroxylamine groups is 2. The predicted molar refractivity (Wildman–Crippen MR) is 143 cm³/mol. The number of aliphatic carboxylic acids is 1. The molecular weight excluding hydrogens is 504 g/mol. The van der Waals surface area contributed by atoms with Crippen molar-refractivity contribution in [1.29, 1.82) is 0 Å². The molecule has 10 nitrogen and oxygen atoms in total. The van der Waals surface area contributed by atoms with Gasteiger partial charge in [0.05, 0.1) is 32.8 Å². The Morgan fingerprint density at radius 3 is 2.54 bits per heavy atom. The molecule has 0 radical (unpaired) electrons. The predicted octanol–water partition coefficient (Wildman–Crippen LogP) is 3.94. The number of amides is 1. The summed E-state index contributed by atoms with van der Waals surface area (Å²) >= 11 is 0. The van der Waals surface area contributed by atoms with E-state index in [1.165, 1.54) is 5.06 Å². The molecule has 1 fully saturated rings. The quantitative estimate of drug-likeness (QED) is 0.355. The summed E-state index contributed by atoms with van der Waals surface area (Å²) in [4.78, 5) is 33.7. The first-order valence-corrected chi connectivity index (χ1v) is 13.5. The third-order valence-electron chi connectivity index (χ3n) is 7.09. The van der Waals surface area contributed by atoms with Crippen molar-refractivity contribution in [2.24, 2.45) is 5.92 Å². The highest BCUT2D eigenvalue weighted by Gasteiger charge is 2.47. The van der Waals surface area contributed by atoms with Crippen LogP contribution in [0.4, 0.5) is 0 Å². The maximum Gasteiger partial charge on any atom is 0.308 e. The Morgan fingerprint density at radius 1 is 1.05 bits per heavy atom. The Hall–Kier alpha value is -3.50. The van der Waals surface area contributed by atoms with Gasteiger partial charge in [0.1, 0.15) is 0 Å². The van der Waals surface area contributed by atoms with Crippen LogP contribution in [0.2, 0.25) is 0 Å². The molecule has 4 rings (SSSR count). The summed E-state index contributed by atoms with van der Waals surface area (Å²) in [5.41, 5.74) is 0.838. The van der Waals surface area contributed by atoms with Crippen LogP contribution in [-0.4, -0.2) is 79.7 Å². The molecule has 0 aromatic heterocycles. The lowest BCUT2D eigenvalue weighted by atomic mass is 9.84. The van der Waals surface area contributed by atoms with Crippen LogP contribution in [0.15, 0.2) is 42.5 Å². The molecule has 212 valence electrons. The average molecular weight is 543 g/mol. The third kappa shape index (κ3) is 6.75. The smallest absolute Gasteiger partial charge is 0.308 e. The van der Waals surface area contributed by atoms with E-state index in [0.717, 1.165) is 18.4 Å². The van der Waals surface area contributed by atoms with Crippen molar-refractivity contribution in [2.75, 3.05) is 46.8 Å². The number of methoxy groups -OCH3 is 1. The van der Waals surface area contributed by atoms with Gasteiger partial charge in [-0.05, 0) is 49.1 Å². The first-order valence-electron chi connectivity index (χ1n) is 13.5. The molecule has 0 aliphatic carbocycles. The van der Waals surface area contributed by atoms with Gasteiger partial charge in [0.15, 0.2) is 23.0 Å². The van der Waals surface area contributed by atoms with Crippen LogP contribution < -0.4 is 18.9 Å². The molecule has 0 unspecified atom stereocenters. The van der Waals surface area contributed by atoms with Crippen LogP contribution in [0.1, 0.15) is 44.6 Å². The molecule has 2 aliphatic heterocycles. The third-order valence-corrected chi connectivity index (χ3v) is 7.09. The largest absolute Gasteiger partial charge is 0.493 e. The monoisotopic (exact) mass is 542 g/mol. The minimum atomic E-state index is -0.914. The zero-order chi connectivity index (χ0) is 27.8. The summed E-state index contributed by atoms with van der Waals surface area (Å²) in [6.07, 6.45) is 1.95. The van der Waals surface area contributed by atoms with E-state index in [4.69, 9.17) is 23.8 Å². The second-order valence-electron chi connectivity index (χ2n) is 9.70. The van der Waals surface area contributed by atoms with E-state index >= 15 is 0 Å². The van der Waals surface area contributed by atoms with Crippen LogP contribution in [0.25, 0.3) is 0 Å². The van der Waals surface area contributed by atoms with Crippen LogP contribution >= 0.6 is 0 Å². The standard InChI is InChI=1S/C29H38N2O8/c1-4-13-31(39-14-5-2)27(32)18-30-17-21(20-10-11-25-26(16-20)38-19-37-25)28(29(33)34)22(30)12-15-36-24-9-7-6-8-23(24)35-3/h6-11,16,21-22,28H,4-5,12-15,17-19H2,1-3H3,(H,33,34)/t21-,22+,28-/m1/s1. The molecule has 1 saturated heterocycles. The highest BCUT2D eigenvalue weighted by Crippen LogP contribution is 2.43. The van der Waals surface area contributed by atoms with Crippen molar-refractivity contribution < 1.29 is 38.5 Å². The van der Waals surface area contributed by atoms with Crippen molar-refractivity contribution in [1.82, 2.24) is 9.96 Å². The van der Waals surface area contributed by atoms with E-state index in [0.29, 0.717) is 49.1 Å². The normalized spacial score (nSPS) is 20.1. The molecule has 0 saturated carbocycles. The Labute approximate surface area is 229 Å². The number of likely N-dealkylation sites (tertiary alicyclic amines) is 1. The SMILES string of the molecule is CCCON(CCC)C(=O)CN1C[C@H](c2ccc3c(c2)OCO3)[C@@H](C(=O)O)[C@@H]1CCOc1ccccc1OC. The lowest BCUT2D eigenvalue weighted by molar-refractivity contribution is -0.188. The van der Waals surface area contributed by atoms with Crippen molar-refractivity contribution >= 4 is 11.9 Å². The molecule has 0 spiro atoms. The first kappa shape index (κ1) is 28.5. The van der Waals surface area contributed by atoms with Crippen molar-refractivity contribution in [3.63, 3.8) is 0 Å². The van der Waals surface area contributed by atoms with Crippen LogP contribution in [-0.2, 0) is 14.4 Å². The minimum absolute atomic E-state index is 0.0495. The Bertz CT molecular complexity index is 1130. The topological polar surface area (TPSA) is 107 Å². The summed E-state index contributed by atoms with van der Waals surface area (Å²) in [5, 5.41) is 11.8. The molecule has 1 amide bonds. The number of para-hydroxylation sites is 2. The number of rotatable bonds is 14. The molecule has 10 heteroatoms. The van der Waals surface area contributed by atoms with E-state index in [1.807, 2.05) is 61.2 Å². The Morgan fingerprint density at radius 2 is 1.82 bits per heavy atom. The number of carboxylic acid groups (broad SMARTS) is 1. The number of carboxylic acids is 1. The number of ether oxygens (including phenoxy) is 4. The Kier molecular flexibility index (Phi) is 9.89. The van der Waals surface area contributed by atoms with E-state index in [1.54, 1.807) is 7.11 Å². The maximum atomic E-state index is 13.3. The summed E-state index contributed by atoms with van der Waals surface area (Å²) in [7, 11) is 1.58. The number of benzene rings is 2.